The molecule has 1 aromatic carbocycles. The molecule has 0 aliphatic rings. The highest BCUT2D eigenvalue weighted by Crippen LogP contribution is 2.25. The van der Waals surface area contributed by atoms with Crippen LogP contribution in [0.1, 0.15) is 23.9 Å². The highest BCUT2D eigenvalue weighted by molar-refractivity contribution is 9.10. The zero-order valence-electron chi connectivity index (χ0n) is 10.9. The van der Waals surface area contributed by atoms with Gasteiger partial charge in [-0.2, -0.15) is 16.7 Å². The molecule has 1 aromatic heterocycles. The predicted molar refractivity (Wildman–Crippen MR) is 82.1 cm³/mol. The number of nitrogens with two attached hydrogens (primary N) is 1. The summed E-state index contributed by atoms with van der Waals surface area (Å²) in [6, 6.07) is 5.77. The first-order valence-electron chi connectivity index (χ1n) is 5.96. The Labute approximate surface area is 125 Å². The minimum Gasteiger partial charge on any atom is -0.337 e. The molecule has 2 rings (SSSR count). The smallest absolute Gasteiger partial charge is 0.243 e. The van der Waals surface area contributed by atoms with E-state index in [1.807, 2.05) is 25.1 Å². The number of aryl methyl sites for hydroxylation is 1. The van der Waals surface area contributed by atoms with Crippen molar-refractivity contribution in [3.63, 3.8) is 0 Å². The monoisotopic (exact) mass is 341 g/mol. The lowest BCUT2D eigenvalue weighted by atomic mass is 10.1. The van der Waals surface area contributed by atoms with Crippen LogP contribution >= 0.6 is 27.7 Å². The summed E-state index contributed by atoms with van der Waals surface area (Å²) in [6.45, 7) is 2.02. The van der Waals surface area contributed by atoms with Crippen molar-refractivity contribution in [3.8, 4) is 11.4 Å². The molecule has 2 N–H and O–H groups in total. The summed E-state index contributed by atoms with van der Waals surface area (Å²) < 4.78 is 6.29. The van der Waals surface area contributed by atoms with Crippen molar-refractivity contribution in [2.24, 2.45) is 5.73 Å². The second-order valence-electron chi connectivity index (χ2n) is 4.30. The van der Waals surface area contributed by atoms with Crippen molar-refractivity contribution in [2.75, 3.05) is 12.0 Å². The van der Waals surface area contributed by atoms with Gasteiger partial charge in [-0.15, -0.1) is 0 Å². The Kier molecular flexibility index (Phi) is 5.01. The number of benzene rings is 1. The Balaban J connectivity index is 2.20. The Morgan fingerprint density at radius 1 is 1.47 bits per heavy atom. The lowest BCUT2D eigenvalue weighted by Gasteiger charge is -2.04. The van der Waals surface area contributed by atoms with Gasteiger partial charge in [0.15, 0.2) is 0 Å². The zero-order chi connectivity index (χ0) is 13.8. The van der Waals surface area contributed by atoms with E-state index in [1.54, 1.807) is 11.8 Å². The van der Waals surface area contributed by atoms with E-state index >= 15 is 0 Å². The van der Waals surface area contributed by atoms with E-state index in [4.69, 9.17) is 10.3 Å². The van der Waals surface area contributed by atoms with Gasteiger partial charge in [-0.1, -0.05) is 21.1 Å². The SMILES string of the molecule is CSCC[C@H](N)c1nc(-c2ccc(Br)cc2C)no1. The van der Waals surface area contributed by atoms with E-state index in [1.165, 1.54) is 0 Å². The van der Waals surface area contributed by atoms with Gasteiger partial charge in [0.25, 0.3) is 0 Å². The number of hydrogen-bond acceptors (Lipinski definition) is 5. The normalized spacial score (nSPS) is 12.6. The van der Waals surface area contributed by atoms with Crippen LogP contribution in [0, 0.1) is 6.92 Å². The van der Waals surface area contributed by atoms with Gasteiger partial charge in [-0.05, 0) is 49.1 Å². The van der Waals surface area contributed by atoms with Gasteiger partial charge in [-0.3, -0.25) is 0 Å². The first-order chi connectivity index (χ1) is 9.11. The van der Waals surface area contributed by atoms with Crippen LogP contribution in [-0.2, 0) is 0 Å². The molecule has 102 valence electrons. The maximum Gasteiger partial charge on any atom is 0.243 e. The van der Waals surface area contributed by atoms with Gasteiger partial charge in [0.2, 0.25) is 11.7 Å². The molecule has 0 saturated carbocycles. The van der Waals surface area contributed by atoms with Crippen LogP contribution < -0.4 is 5.73 Å². The topological polar surface area (TPSA) is 64.9 Å². The fraction of sp³-hybridized carbons (Fsp3) is 0.385. The van der Waals surface area contributed by atoms with E-state index in [2.05, 4.69) is 32.3 Å². The Morgan fingerprint density at radius 3 is 2.95 bits per heavy atom. The summed E-state index contributed by atoms with van der Waals surface area (Å²) in [5.74, 6) is 2.09. The summed E-state index contributed by atoms with van der Waals surface area (Å²) in [5, 5.41) is 4.02. The van der Waals surface area contributed by atoms with Crippen LogP contribution in [0.15, 0.2) is 27.2 Å². The van der Waals surface area contributed by atoms with Crippen molar-refractivity contribution < 1.29 is 4.52 Å². The van der Waals surface area contributed by atoms with Crippen LogP contribution in [0.3, 0.4) is 0 Å². The molecule has 0 amide bonds. The molecule has 19 heavy (non-hydrogen) atoms. The second-order valence-corrected chi connectivity index (χ2v) is 6.20. The molecule has 0 unspecified atom stereocenters. The summed E-state index contributed by atoms with van der Waals surface area (Å²) in [5.41, 5.74) is 8.08. The van der Waals surface area contributed by atoms with Crippen LogP contribution in [0.2, 0.25) is 0 Å². The van der Waals surface area contributed by atoms with Crippen molar-refractivity contribution in [1.82, 2.24) is 10.1 Å². The quantitative estimate of drug-likeness (QED) is 0.900. The van der Waals surface area contributed by atoms with Gasteiger partial charge >= 0.3 is 0 Å². The summed E-state index contributed by atoms with van der Waals surface area (Å²) >= 11 is 5.20. The Bertz CT molecular complexity index is 559. The average Bonchev–Trinajstić information content (AvgIpc) is 2.85. The molecule has 2 aromatic rings. The standard InChI is InChI=1S/C13H16BrN3OS/c1-8-7-9(14)3-4-10(8)12-16-13(18-17-12)11(15)5-6-19-2/h3-4,7,11H,5-6,15H2,1-2H3/t11-/m0/s1. The highest BCUT2D eigenvalue weighted by Gasteiger charge is 2.16. The van der Waals surface area contributed by atoms with Crippen molar-refractivity contribution >= 4 is 27.7 Å². The number of thioether (sulfide) groups is 1. The number of nitrogens with zero attached hydrogens (tertiary/aromatic N) is 2. The predicted octanol–water partition coefficient (Wildman–Crippen LogP) is 3.56. The largest absolute Gasteiger partial charge is 0.337 e. The Hall–Kier alpha value is -0.850. The molecule has 0 fully saturated rings. The third kappa shape index (κ3) is 3.58. The molecule has 0 saturated heterocycles. The first-order valence-corrected chi connectivity index (χ1v) is 8.15. The van der Waals surface area contributed by atoms with Gasteiger partial charge in [-0.25, -0.2) is 0 Å². The van der Waals surface area contributed by atoms with Crippen molar-refractivity contribution in [3.05, 3.63) is 34.1 Å². The third-order valence-electron chi connectivity index (χ3n) is 2.82. The van der Waals surface area contributed by atoms with E-state index in [-0.39, 0.29) is 6.04 Å². The molecular weight excluding hydrogens is 326 g/mol. The van der Waals surface area contributed by atoms with E-state index < -0.39 is 0 Å². The second kappa shape index (κ2) is 6.54. The lowest BCUT2D eigenvalue weighted by Crippen LogP contribution is -2.11. The number of aromatic nitrogens is 2. The zero-order valence-corrected chi connectivity index (χ0v) is 13.3. The average molecular weight is 342 g/mol. The number of rotatable bonds is 5. The maximum absolute atomic E-state index is 6.02. The molecule has 0 aliphatic heterocycles. The summed E-state index contributed by atoms with van der Waals surface area (Å²) in [4.78, 5) is 4.40. The minimum atomic E-state index is -0.190. The van der Waals surface area contributed by atoms with Crippen LogP contribution in [-0.4, -0.2) is 22.1 Å². The molecule has 4 nitrogen and oxygen atoms in total. The van der Waals surface area contributed by atoms with Crippen LogP contribution in [0.5, 0.6) is 0 Å². The third-order valence-corrected chi connectivity index (χ3v) is 3.96. The molecule has 0 bridgehead atoms. The van der Waals surface area contributed by atoms with Gasteiger partial charge in [0.1, 0.15) is 0 Å². The number of halogens is 1. The fourth-order valence-corrected chi connectivity index (χ4v) is 2.71. The van der Waals surface area contributed by atoms with Crippen molar-refractivity contribution in [2.45, 2.75) is 19.4 Å². The van der Waals surface area contributed by atoms with Gasteiger partial charge in [0.05, 0.1) is 6.04 Å². The molecule has 0 radical (unpaired) electrons. The minimum absolute atomic E-state index is 0.190. The Morgan fingerprint density at radius 2 is 2.26 bits per heavy atom. The van der Waals surface area contributed by atoms with E-state index in [0.717, 1.165) is 27.8 Å². The molecule has 6 heteroatoms. The van der Waals surface area contributed by atoms with Crippen molar-refractivity contribution in [1.29, 1.82) is 0 Å². The lowest BCUT2D eigenvalue weighted by molar-refractivity contribution is 0.353. The molecule has 0 aliphatic carbocycles. The summed E-state index contributed by atoms with van der Waals surface area (Å²) in [7, 11) is 0. The van der Waals surface area contributed by atoms with Gasteiger partial charge < -0.3 is 10.3 Å². The first kappa shape index (κ1) is 14.6. The number of hydrogen-bond donors (Lipinski definition) is 1. The van der Waals surface area contributed by atoms with E-state index in [9.17, 15) is 0 Å². The molecule has 1 heterocycles. The molecule has 1 atom stereocenters. The molecular formula is C13H16BrN3OS. The molecule has 0 spiro atoms. The summed E-state index contributed by atoms with van der Waals surface area (Å²) in [6.07, 6.45) is 2.89. The van der Waals surface area contributed by atoms with Crippen LogP contribution in [0.4, 0.5) is 0 Å². The van der Waals surface area contributed by atoms with Crippen LogP contribution in [0.25, 0.3) is 11.4 Å². The van der Waals surface area contributed by atoms with E-state index in [0.29, 0.717) is 11.7 Å². The fourth-order valence-electron chi connectivity index (χ4n) is 1.74. The van der Waals surface area contributed by atoms with Gasteiger partial charge in [0, 0.05) is 10.0 Å². The highest BCUT2D eigenvalue weighted by atomic mass is 79.9. The maximum atomic E-state index is 6.02.